The van der Waals surface area contributed by atoms with Crippen LogP contribution in [0.1, 0.15) is 76.8 Å². The van der Waals surface area contributed by atoms with E-state index in [2.05, 4.69) is 43.4 Å². The van der Waals surface area contributed by atoms with Crippen molar-refractivity contribution in [3.05, 3.63) is 81.7 Å². The fraction of sp³-hybridized carbons (Fsp3) is 0.344. The topological polar surface area (TPSA) is 68.3 Å². The third-order valence-electron chi connectivity index (χ3n) is 7.40. The number of carbonyl (C=O) groups excluding carboxylic acids is 2. The quantitative estimate of drug-likeness (QED) is 0.237. The summed E-state index contributed by atoms with van der Waals surface area (Å²) in [6, 6.07) is 17.9. The molecule has 0 fully saturated rings. The molecule has 196 valence electrons. The first-order valence-corrected chi connectivity index (χ1v) is 14.5. The number of hydrogen-bond donors (Lipinski definition) is 1. The van der Waals surface area contributed by atoms with Crippen molar-refractivity contribution in [3.63, 3.8) is 0 Å². The number of ether oxygens (including phenoxy) is 1. The summed E-state index contributed by atoms with van der Waals surface area (Å²) in [5.74, 6) is 0.00138. The molecule has 5 rings (SSSR count). The standard InChI is InChI=1S/C32H34N2O3S/c1-4-9-21-12-15-22(16-13-21)27-19-25(23-10-7-8-11-26(23)33-27)30(35)34-31-29(32(36)37-6-3)24-17-14-20(5-2)18-28(24)38-31/h7-8,10-13,15-16,19-20H,4-6,9,14,17-18H2,1-3H3,(H,34,35)/t20-/m0/s1. The molecule has 0 unspecified atom stereocenters. The van der Waals surface area contributed by atoms with Gasteiger partial charge in [0.15, 0.2) is 0 Å². The number of aryl methyl sites for hydroxylation is 1. The largest absolute Gasteiger partial charge is 0.462 e. The summed E-state index contributed by atoms with van der Waals surface area (Å²) < 4.78 is 5.41. The van der Waals surface area contributed by atoms with Crippen molar-refractivity contribution in [2.45, 2.75) is 59.3 Å². The second-order valence-electron chi connectivity index (χ2n) is 9.92. The van der Waals surface area contributed by atoms with Crippen LogP contribution in [0.4, 0.5) is 5.00 Å². The molecule has 1 atom stereocenters. The third kappa shape index (κ3) is 5.23. The van der Waals surface area contributed by atoms with Gasteiger partial charge in [-0.1, -0.05) is 69.2 Å². The first-order chi connectivity index (χ1) is 18.5. The number of aromatic nitrogens is 1. The lowest BCUT2D eigenvalue weighted by Gasteiger charge is -2.20. The van der Waals surface area contributed by atoms with E-state index in [1.54, 1.807) is 0 Å². The zero-order valence-electron chi connectivity index (χ0n) is 22.3. The zero-order chi connectivity index (χ0) is 26.6. The van der Waals surface area contributed by atoms with Gasteiger partial charge in [-0.05, 0) is 61.8 Å². The van der Waals surface area contributed by atoms with Crippen molar-refractivity contribution < 1.29 is 14.3 Å². The van der Waals surface area contributed by atoms with Gasteiger partial charge >= 0.3 is 5.97 Å². The lowest BCUT2D eigenvalue weighted by molar-refractivity contribution is 0.0526. The minimum absolute atomic E-state index is 0.247. The average Bonchev–Trinajstić information content (AvgIpc) is 3.30. The van der Waals surface area contributed by atoms with E-state index in [4.69, 9.17) is 9.72 Å². The maximum atomic E-state index is 13.8. The Bertz CT molecular complexity index is 1470. The highest BCUT2D eigenvalue weighted by Gasteiger charge is 2.30. The van der Waals surface area contributed by atoms with E-state index in [9.17, 15) is 9.59 Å². The number of amides is 1. The van der Waals surface area contributed by atoms with E-state index in [0.29, 0.717) is 28.7 Å². The van der Waals surface area contributed by atoms with Crippen LogP contribution in [0, 0.1) is 5.92 Å². The first kappa shape index (κ1) is 26.1. The summed E-state index contributed by atoms with van der Waals surface area (Å²) in [5, 5.41) is 4.47. The maximum absolute atomic E-state index is 13.8. The van der Waals surface area contributed by atoms with Crippen LogP contribution in [-0.4, -0.2) is 23.5 Å². The number of carbonyl (C=O) groups is 2. The van der Waals surface area contributed by atoms with E-state index in [1.807, 2.05) is 37.3 Å². The minimum Gasteiger partial charge on any atom is -0.462 e. The van der Waals surface area contributed by atoms with E-state index in [-0.39, 0.29) is 11.9 Å². The molecule has 1 aliphatic carbocycles. The molecule has 2 heterocycles. The molecule has 0 radical (unpaired) electrons. The highest BCUT2D eigenvalue weighted by molar-refractivity contribution is 7.17. The van der Waals surface area contributed by atoms with Crippen molar-refractivity contribution >= 4 is 39.1 Å². The Morgan fingerprint density at radius 2 is 1.87 bits per heavy atom. The van der Waals surface area contributed by atoms with E-state index >= 15 is 0 Å². The molecule has 0 spiro atoms. The zero-order valence-corrected chi connectivity index (χ0v) is 23.1. The fourth-order valence-electron chi connectivity index (χ4n) is 5.32. The van der Waals surface area contributed by atoms with Gasteiger partial charge in [0.2, 0.25) is 0 Å². The molecule has 4 aromatic rings. The van der Waals surface area contributed by atoms with Crippen LogP contribution in [0.3, 0.4) is 0 Å². The van der Waals surface area contributed by atoms with Crippen molar-refractivity contribution in [1.82, 2.24) is 4.98 Å². The maximum Gasteiger partial charge on any atom is 0.341 e. The van der Waals surface area contributed by atoms with Gasteiger partial charge in [0, 0.05) is 15.8 Å². The molecule has 0 aliphatic heterocycles. The van der Waals surface area contributed by atoms with E-state index < -0.39 is 0 Å². The van der Waals surface area contributed by atoms with Crippen molar-refractivity contribution in [1.29, 1.82) is 0 Å². The molecular formula is C32H34N2O3S. The normalized spacial score (nSPS) is 14.8. The van der Waals surface area contributed by atoms with Gasteiger partial charge in [0.05, 0.1) is 28.9 Å². The number of esters is 1. The Morgan fingerprint density at radius 3 is 2.61 bits per heavy atom. The minimum atomic E-state index is -0.359. The number of pyridine rings is 1. The summed E-state index contributed by atoms with van der Waals surface area (Å²) in [4.78, 5) is 32.9. The van der Waals surface area contributed by atoms with Crippen LogP contribution in [0.15, 0.2) is 54.6 Å². The predicted molar refractivity (Wildman–Crippen MR) is 155 cm³/mol. The summed E-state index contributed by atoms with van der Waals surface area (Å²) in [5.41, 5.74) is 5.87. The van der Waals surface area contributed by atoms with Crippen LogP contribution in [0.2, 0.25) is 0 Å². The van der Waals surface area contributed by atoms with Gasteiger partial charge in [0.1, 0.15) is 5.00 Å². The number of rotatable bonds is 8. The summed E-state index contributed by atoms with van der Waals surface area (Å²) in [6.07, 6.45) is 6.07. The Hall–Kier alpha value is -3.51. The van der Waals surface area contributed by atoms with Gasteiger partial charge in [-0.25, -0.2) is 9.78 Å². The van der Waals surface area contributed by atoms with Gasteiger partial charge in [-0.3, -0.25) is 4.79 Å². The fourth-order valence-corrected chi connectivity index (χ4v) is 6.67. The Kier molecular flexibility index (Phi) is 7.89. The number of nitrogens with zero attached hydrogens (tertiary/aromatic N) is 1. The second kappa shape index (κ2) is 11.5. The van der Waals surface area contributed by atoms with Crippen molar-refractivity contribution in [2.24, 2.45) is 5.92 Å². The van der Waals surface area contributed by atoms with Crippen molar-refractivity contribution in [3.8, 4) is 11.3 Å². The monoisotopic (exact) mass is 526 g/mol. The smallest absolute Gasteiger partial charge is 0.341 e. The molecule has 1 N–H and O–H groups in total. The lowest BCUT2D eigenvalue weighted by atomic mass is 9.85. The van der Waals surface area contributed by atoms with Crippen molar-refractivity contribution in [2.75, 3.05) is 11.9 Å². The van der Waals surface area contributed by atoms with Crippen LogP contribution in [0.25, 0.3) is 22.2 Å². The van der Waals surface area contributed by atoms with Crippen LogP contribution < -0.4 is 5.32 Å². The van der Waals surface area contributed by atoms with Gasteiger partial charge in [-0.2, -0.15) is 0 Å². The number of benzene rings is 2. The average molecular weight is 527 g/mol. The number of para-hydroxylation sites is 1. The third-order valence-corrected chi connectivity index (χ3v) is 8.57. The molecule has 1 amide bonds. The van der Waals surface area contributed by atoms with Gasteiger partial charge in [0.25, 0.3) is 5.91 Å². The summed E-state index contributed by atoms with van der Waals surface area (Å²) >= 11 is 1.52. The molecule has 6 heteroatoms. The van der Waals surface area contributed by atoms with Gasteiger partial charge < -0.3 is 10.1 Å². The Morgan fingerprint density at radius 1 is 1.08 bits per heavy atom. The van der Waals surface area contributed by atoms with Gasteiger partial charge in [-0.15, -0.1) is 11.3 Å². The van der Waals surface area contributed by atoms with E-state index in [0.717, 1.165) is 66.2 Å². The second-order valence-corrected chi connectivity index (χ2v) is 11.0. The van der Waals surface area contributed by atoms with Crippen LogP contribution >= 0.6 is 11.3 Å². The highest BCUT2D eigenvalue weighted by atomic mass is 32.1. The number of hydrogen-bond acceptors (Lipinski definition) is 5. The molecule has 0 bridgehead atoms. The number of thiophene rings is 1. The number of fused-ring (bicyclic) bond motifs is 2. The SMILES string of the molecule is CCCc1ccc(-c2cc(C(=O)Nc3sc4c(c3C(=O)OCC)CC[C@H](CC)C4)c3ccccc3n2)cc1. The molecule has 5 nitrogen and oxygen atoms in total. The molecular weight excluding hydrogens is 492 g/mol. The summed E-state index contributed by atoms with van der Waals surface area (Å²) in [7, 11) is 0. The highest BCUT2D eigenvalue weighted by Crippen LogP contribution is 2.41. The molecule has 0 saturated heterocycles. The van der Waals surface area contributed by atoms with E-state index in [1.165, 1.54) is 21.8 Å². The molecule has 2 aromatic carbocycles. The Labute approximate surface area is 228 Å². The number of nitrogens with one attached hydrogen (secondary N) is 1. The lowest BCUT2D eigenvalue weighted by Crippen LogP contribution is -2.17. The van der Waals surface area contributed by atoms with Crippen LogP contribution in [0.5, 0.6) is 0 Å². The summed E-state index contributed by atoms with van der Waals surface area (Å²) in [6.45, 7) is 6.48. The predicted octanol–water partition coefficient (Wildman–Crippen LogP) is 7.86. The molecule has 2 aromatic heterocycles. The first-order valence-electron chi connectivity index (χ1n) is 13.6. The van der Waals surface area contributed by atoms with Crippen LogP contribution in [-0.2, 0) is 24.0 Å². The molecule has 0 saturated carbocycles. The molecule has 38 heavy (non-hydrogen) atoms. The Balaban J connectivity index is 1.54. The molecule has 1 aliphatic rings. The number of anilines is 1.